The molecular formula is C21H17NO4. The molecule has 26 heavy (non-hydrogen) atoms. The van der Waals surface area contributed by atoms with E-state index in [2.05, 4.69) is 0 Å². The fraction of sp³-hybridized carbons (Fsp3) is 0.0476. The highest BCUT2D eigenvalue weighted by Gasteiger charge is 2.08. The molecule has 3 aromatic carbocycles. The van der Waals surface area contributed by atoms with Crippen LogP contribution in [0.1, 0.15) is 11.1 Å². The van der Waals surface area contributed by atoms with Crippen LogP contribution in [-0.2, 0) is 0 Å². The molecule has 3 rings (SSSR count). The summed E-state index contributed by atoms with van der Waals surface area (Å²) in [5.74, 6) is 1.95. The maximum atomic E-state index is 10.8. The van der Waals surface area contributed by atoms with Gasteiger partial charge < -0.3 is 9.47 Å². The van der Waals surface area contributed by atoms with Crippen LogP contribution >= 0.6 is 0 Å². The van der Waals surface area contributed by atoms with E-state index >= 15 is 0 Å². The third-order valence-corrected chi connectivity index (χ3v) is 3.75. The molecule has 5 heteroatoms. The lowest BCUT2D eigenvalue weighted by atomic mass is 10.1. The van der Waals surface area contributed by atoms with Crippen molar-refractivity contribution in [3.8, 4) is 11.5 Å². The Morgan fingerprint density at radius 1 is 0.885 bits per heavy atom. The van der Waals surface area contributed by atoms with Crippen molar-refractivity contribution in [2.24, 2.45) is 0 Å². The molecule has 5 nitrogen and oxygen atoms in total. The number of hydrogen-bond acceptors (Lipinski definition) is 4. The number of methoxy groups -OCH3 is 1. The van der Waals surface area contributed by atoms with E-state index in [-0.39, 0.29) is 5.69 Å². The lowest BCUT2D eigenvalue weighted by Gasteiger charge is -2.11. The molecule has 0 heterocycles. The predicted octanol–water partition coefficient (Wildman–Crippen LogP) is 5.18. The summed E-state index contributed by atoms with van der Waals surface area (Å²) in [5.41, 5.74) is 1.88. The van der Waals surface area contributed by atoms with Crippen LogP contribution in [0.15, 0.2) is 78.9 Å². The minimum Gasteiger partial charge on any atom is -0.497 e. The zero-order valence-electron chi connectivity index (χ0n) is 14.2. The molecule has 0 amide bonds. The van der Waals surface area contributed by atoms with Gasteiger partial charge in [0.05, 0.1) is 12.0 Å². The second-order valence-corrected chi connectivity index (χ2v) is 5.50. The van der Waals surface area contributed by atoms with Gasteiger partial charge in [-0.25, -0.2) is 0 Å². The van der Waals surface area contributed by atoms with Crippen LogP contribution in [0.3, 0.4) is 0 Å². The molecule has 0 radical (unpaired) electrons. The number of ether oxygens (including phenoxy) is 2. The molecule has 0 fully saturated rings. The third-order valence-electron chi connectivity index (χ3n) is 3.75. The smallest absolute Gasteiger partial charge is 0.269 e. The van der Waals surface area contributed by atoms with E-state index in [9.17, 15) is 10.1 Å². The molecule has 0 aliphatic heterocycles. The summed E-state index contributed by atoms with van der Waals surface area (Å²) >= 11 is 0. The quantitative estimate of drug-likeness (QED) is 0.267. The SMILES string of the molecule is COc1ccc(/C=C(\Oc2ccc([N+](=O)[O-])cc2)c2ccccc2)cc1. The van der Waals surface area contributed by atoms with Crippen LogP contribution in [0.4, 0.5) is 5.69 Å². The monoisotopic (exact) mass is 347 g/mol. The second-order valence-electron chi connectivity index (χ2n) is 5.50. The van der Waals surface area contributed by atoms with Gasteiger partial charge in [-0.05, 0) is 35.9 Å². The summed E-state index contributed by atoms with van der Waals surface area (Å²) in [7, 11) is 1.62. The fourth-order valence-electron chi connectivity index (χ4n) is 2.39. The lowest BCUT2D eigenvalue weighted by Crippen LogP contribution is -1.96. The van der Waals surface area contributed by atoms with Crippen molar-refractivity contribution in [1.29, 1.82) is 0 Å². The van der Waals surface area contributed by atoms with Crippen LogP contribution in [-0.4, -0.2) is 12.0 Å². The van der Waals surface area contributed by atoms with Gasteiger partial charge in [-0.3, -0.25) is 10.1 Å². The molecule has 0 spiro atoms. The Bertz CT molecular complexity index is 901. The molecule has 3 aromatic rings. The van der Waals surface area contributed by atoms with Gasteiger partial charge in [-0.2, -0.15) is 0 Å². The number of nitro benzene ring substituents is 1. The van der Waals surface area contributed by atoms with Gasteiger partial charge >= 0.3 is 0 Å². The first-order valence-electron chi connectivity index (χ1n) is 7.99. The van der Waals surface area contributed by atoms with Crippen molar-refractivity contribution >= 4 is 17.5 Å². The number of rotatable bonds is 6. The van der Waals surface area contributed by atoms with Gasteiger partial charge in [0.25, 0.3) is 5.69 Å². The van der Waals surface area contributed by atoms with Gasteiger partial charge in [-0.1, -0.05) is 42.5 Å². The fourth-order valence-corrected chi connectivity index (χ4v) is 2.39. The summed E-state index contributed by atoms with van der Waals surface area (Å²) in [6.45, 7) is 0. The highest BCUT2D eigenvalue weighted by Crippen LogP contribution is 2.26. The molecule has 130 valence electrons. The summed E-state index contributed by atoms with van der Waals surface area (Å²) in [6.07, 6.45) is 1.91. The van der Waals surface area contributed by atoms with E-state index < -0.39 is 4.92 Å². The summed E-state index contributed by atoms with van der Waals surface area (Å²) in [5, 5.41) is 10.8. The molecule has 0 saturated heterocycles. The van der Waals surface area contributed by atoms with Gasteiger partial charge in [0.2, 0.25) is 0 Å². The van der Waals surface area contributed by atoms with Gasteiger partial charge in [0.1, 0.15) is 17.3 Å². The zero-order chi connectivity index (χ0) is 18.4. The Hall–Kier alpha value is -3.60. The topological polar surface area (TPSA) is 61.6 Å². The Morgan fingerprint density at radius 2 is 1.50 bits per heavy atom. The average molecular weight is 347 g/mol. The van der Waals surface area contributed by atoms with Crippen LogP contribution in [0.25, 0.3) is 11.8 Å². The zero-order valence-corrected chi connectivity index (χ0v) is 14.2. The van der Waals surface area contributed by atoms with Gasteiger partial charge in [0, 0.05) is 17.7 Å². The standard InChI is InChI=1S/C21H17NO4/c1-25-19-11-7-16(8-12-19)15-21(17-5-3-2-4-6-17)26-20-13-9-18(10-14-20)22(23)24/h2-15H,1H3/b21-15-. The van der Waals surface area contributed by atoms with Crippen LogP contribution in [0.5, 0.6) is 11.5 Å². The molecule has 0 bridgehead atoms. The van der Waals surface area contributed by atoms with E-state index in [4.69, 9.17) is 9.47 Å². The van der Waals surface area contributed by atoms with Gasteiger partial charge in [-0.15, -0.1) is 0 Å². The number of non-ortho nitro benzene ring substituents is 1. The third kappa shape index (κ3) is 4.27. The van der Waals surface area contributed by atoms with Crippen LogP contribution < -0.4 is 9.47 Å². The van der Waals surface area contributed by atoms with E-state index in [0.717, 1.165) is 16.9 Å². The number of nitrogens with zero attached hydrogens (tertiary/aromatic N) is 1. The minimum absolute atomic E-state index is 0.0257. The van der Waals surface area contributed by atoms with Crippen molar-refractivity contribution in [1.82, 2.24) is 0 Å². The van der Waals surface area contributed by atoms with Crippen molar-refractivity contribution in [3.05, 3.63) is 100 Å². The normalized spacial score (nSPS) is 11.0. The molecule has 0 saturated carbocycles. The first-order valence-corrected chi connectivity index (χ1v) is 7.99. The van der Waals surface area contributed by atoms with E-state index in [1.165, 1.54) is 12.1 Å². The average Bonchev–Trinajstić information content (AvgIpc) is 2.69. The van der Waals surface area contributed by atoms with Crippen LogP contribution in [0.2, 0.25) is 0 Å². The Kier molecular flexibility index (Phi) is 5.29. The first-order chi connectivity index (χ1) is 12.7. The van der Waals surface area contributed by atoms with Crippen LogP contribution in [0, 0.1) is 10.1 Å². The molecule has 0 aliphatic carbocycles. The molecule has 0 unspecified atom stereocenters. The Labute approximate surface area is 151 Å². The van der Waals surface area contributed by atoms with E-state index in [0.29, 0.717) is 11.5 Å². The highest BCUT2D eigenvalue weighted by atomic mass is 16.6. The maximum Gasteiger partial charge on any atom is 0.269 e. The van der Waals surface area contributed by atoms with Crippen molar-refractivity contribution in [2.45, 2.75) is 0 Å². The largest absolute Gasteiger partial charge is 0.497 e. The first kappa shape index (κ1) is 17.2. The highest BCUT2D eigenvalue weighted by molar-refractivity contribution is 5.78. The van der Waals surface area contributed by atoms with E-state index in [1.54, 1.807) is 19.2 Å². The lowest BCUT2D eigenvalue weighted by molar-refractivity contribution is -0.384. The molecular weight excluding hydrogens is 330 g/mol. The summed E-state index contributed by atoms with van der Waals surface area (Å²) in [6, 6.07) is 23.3. The Morgan fingerprint density at radius 3 is 2.08 bits per heavy atom. The maximum absolute atomic E-state index is 10.8. The van der Waals surface area contributed by atoms with E-state index in [1.807, 2.05) is 60.7 Å². The predicted molar refractivity (Wildman–Crippen MR) is 101 cm³/mol. The molecule has 0 aliphatic rings. The summed E-state index contributed by atoms with van der Waals surface area (Å²) in [4.78, 5) is 10.4. The van der Waals surface area contributed by atoms with Crippen molar-refractivity contribution in [2.75, 3.05) is 7.11 Å². The molecule has 0 aromatic heterocycles. The minimum atomic E-state index is -0.435. The van der Waals surface area contributed by atoms with Crippen molar-refractivity contribution < 1.29 is 14.4 Å². The molecule has 0 N–H and O–H groups in total. The van der Waals surface area contributed by atoms with Gasteiger partial charge in [0.15, 0.2) is 0 Å². The number of benzene rings is 3. The summed E-state index contributed by atoms with van der Waals surface area (Å²) < 4.78 is 11.2. The Balaban J connectivity index is 1.92. The number of nitro groups is 1. The van der Waals surface area contributed by atoms with Crippen molar-refractivity contribution in [3.63, 3.8) is 0 Å². The number of hydrogen-bond donors (Lipinski definition) is 0. The molecule has 0 atom stereocenters. The second kappa shape index (κ2) is 7.98.